The molecule has 0 radical (unpaired) electrons. The number of fused-ring (bicyclic) bond motifs is 1. The number of likely N-dealkylation sites (tertiary alicyclic amines) is 1. The van der Waals surface area contributed by atoms with E-state index in [1.165, 1.54) is 12.1 Å². The van der Waals surface area contributed by atoms with E-state index in [1.54, 1.807) is 23.9 Å². The van der Waals surface area contributed by atoms with Crippen LogP contribution in [0.4, 0.5) is 18.9 Å². The molecule has 0 N–H and O–H groups in total. The number of rotatable bonds is 7. The summed E-state index contributed by atoms with van der Waals surface area (Å²) in [5.74, 6) is 2.10. The minimum atomic E-state index is -4.28. The molecule has 4 rings (SSSR count). The predicted molar refractivity (Wildman–Crippen MR) is 134 cm³/mol. The molecule has 0 unspecified atom stereocenters. The Bertz CT molecular complexity index is 868. The number of hydrogen-bond donors (Lipinski definition) is 0. The monoisotopic (exact) mass is 496 g/mol. The van der Waals surface area contributed by atoms with Gasteiger partial charge >= 0.3 is 6.18 Å². The molecule has 5 nitrogen and oxygen atoms in total. The van der Waals surface area contributed by atoms with Gasteiger partial charge in [-0.25, -0.2) is 0 Å². The van der Waals surface area contributed by atoms with Gasteiger partial charge in [-0.1, -0.05) is 0 Å². The molecule has 1 aromatic carbocycles. The van der Waals surface area contributed by atoms with Crippen molar-refractivity contribution in [2.75, 3.05) is 50.0 Å². The second-order valence-electron chi connectivity index (χ2n) is 9.56. The number of halogens is 3. The van der Waals surface area contributed by atoms with Crippen LogP contribution in [0.2, 0.25) is 0 Å². The van der Waals surface area contributed by atoms with Crippen LogP contribution in [0.3, 0.4) is 0 Å². The molecule has 0 amide bonds. The first kappa shape index (κ1) is 25.5. The largest absolute Gasteiger partial charge is 0.416 e. The van der Waals surface area contributed by atoms with Crippen LogP contribution in [0.25, 0.3) is 0 Å². The van der Waals surface area contributed by atoms with Gasteiger partial charge in [0.1, 0.15) is 0 Å². The molecule has 3 aliphatic rings. The average Bonchev–Trinajstić information content (AvgIpc) is 3.41. The Morgan fingerprint density at radius 2 is 1.79 bits per heavy atom. The number of thioether (sulfide) groups is 1. The third kappa shape index (κ3) is 6.55. The van der Waals surface area contributed by atoms with E-state index >= 15 is 0 Å². The van der Waals surface area contributed by atoms with Gasteiger partial charge in [-0.15, -0.1) is 16.9 Å². The molecule has 2 atom stereocenters. The number of ether oxygens (including phenoxy) is 1. The highest BCUT2D eigenvalue weighted by Crippen LogP contribution is 2.37. The first-order valence-electron chi connectivity index (χ1n) is 12.3. The fourth-order valence-corrected chi connectivity index (χ4v) is 5.94. The standard InChI is InChI=1S/C25H35F3N4OS/c1-18(20-9-13-33-14-10-20)29-30-19(2)34-15-3-11-31-16-21-8-12-32(24(21)17-31)23-6-4-22(5-7-23)25(26,27)28/h4-7,20-21,24H,3,8-17H2,1-2H3/b29-18+,30-19+/t21-,24+/m0/s1. The maximum absolute atomic E-state index is 12.9. The fourth-order valence-electron chi connectivity index (χ4n) is 5.28. The summed E-state index contributed by atoms with van der Waals surface area (Å²) in [6.45, 7) is 9.74. The third-order valence-corrected chi connectivity index (χ3v) is 8.23. The molecule has 3 saturated heterocycles. The number of benzene rings is 1. The van der Waals surface area contributed by atoms with Gasteiger partial charge in [-0.05, 0) is 76.3 Å². The maximum Gasteiger partial charge on any atom is 0.416 e. The van der Waals surface area contributed by atoms with E-state index in [0.717, 1.165) is 87.3 Å². The number of hydrogen-bond acceptors (Lipinski definition) is 6. The zero-order valence-electron chi connectivity index (χ0n) is 20.1. The van der Waals surface area contributed by atoms with Crippen molar-refractivity contribution in [2.24, 2.45) is 22.0 Å². The summed E-state index contributed by atoms with van der Waals surface area (Å²) < 4.78 is 44.0. The molecule has 3 fully saturated rings. The van der Waals surface area contributed by atoms with E-state index < -0.39 is 11.7 Å². The number of nitrogens with zero attached hydrogens (tertiary/aromatic N) is 4. The minimum Gasteiger partial charge on any atom is -0.381 e. The molecule has 1 aromatic rings. The highest BCUT2D eigenvalue weighted by molar-refractivity contribution is 8.13. The smallest absolute Gasteiger partial charge is 0.381 e. The van der Waals surface area contributed by atoms with Crippen LogP contribution >= 0.6 is 11.8 Å². The van der Waals surface area contributed by atoms with Crippen LogP contribution in [0, 0.1) is 11.8 Å². The first-order chi connectivity index (χ1) is 16.3. The first-order valence-corrected chi connectivity index (χ1v) is 13.3. The van der Waals surface area contributed by atoms with Crippen LogP contribution in [0.15, 0.2) is 34.5 Å². The summed E-state index contributed by atoms with van der Waals surface area (Å²) in [5, 5.41) is 9.86. The third-order valence-electron chi connectivity index (χ3n) is 7.24. The number of anilines is 1. The predicted octanol–water partition coefficient (Wildman–Crippen LogP) is 5.56. The Morgan fingerprint density at radius 1 is 1.06 bits per heavy atom. The van der Waals surface area contributed by atoms with Crippen LogP contribution in [-0.2, 0) is 10.9 Å². The highest BCUT2D eigenvalue weighted by Gasteiger charge is 2.41. The lowest BCUT2D eigenvalue weighted by molar-refractivity contribution is -0.137. The molecule has 0 aromatic heterocycles. The summed E-state index contributed by atoms with van der Waals surface area (Å²) in [5.41, 5.74) is 1.42. The summed E-state index contributed by atoms with van der Waals surface area (Å²) >= 11 is 1.76. The van der Waals surface area contributed by atoms with Gasteiger partial charge in [0.15, 0.2) is 0 Å². The lowest BCUT2D eigenvalue weighted by atomic mass is 9.96. The molecular weight excluding hydrogens is 461 g/mol. The van der Waals surface area contributed by atoms with Gasteiger partial charge in [-0.2, -0.15) is 18.3 Å². The zero-order valence-corrected chi connectivity index (χ0v) is 20.9. The normalized spacial score (nSPS) is 25.3. The molecule has 9 heteroatoms. The van der Waals surface area contributed by atoms with E-state index in [4.69, 9.17) is 4.74 Å². The van der Waals surface area contributed by atoms with Gasteiger partial charge in [0.2, 0.25) is 0 Å². The topological polar surface area (TPSA) is 40.4 Å². The lowest BCUT2D eigenvalue weighted by Gasteiger charge is -2.27. The summed E-state index contributed by atoms with van der Waals surface area (Å²) in [6.07, 6.45) is -0.0310. The van der Waals surface area contributed by atoms with E-state index in [0.29, 0.717) is 17.9 Å². The van der Waals surface area contributed by atoms with Gasteiger partial charge in [0.05, 0.1) is 10.6 Å². The Balaban J connectivity index is 1.19. The van der Waals surface area contributed by atoms with Crippen LogP contribution in [0.1, 0.15) is 45.1 Å². The van der Waals surface area contributed by atoms with Crippen molar-refractivity contribution in [3.8, 4) is 0 Å². The van der Waals surface area contributed by atoms with Crippen LogP contribution < -0.4 is 4.90 Å². The van der Waals surface area contributed by atoms with Crippen molar-refractivity contribution < 1.29 is 17.9 Å². The maximum atomic E-state index is 12.9. The Labute approximate surface area is 204 Å². The molecule has 34 heavy (non-hydrogen) atoms. The van der Waals surface area contributed by atoms with Crippen molar-refractivity contribution in [3.63, 3.8) is 0 Å². The van der Waals surface area contributed by atoms with Crippen LogP contribution in [0.5, 0.6) is 0 Å². The molecule has 188 valence electrons. The van der Waals surface area contributed by atoms with Crippen molar-refractivity contribution in [2.45, 2.75) is 51.7 Å². The van der Waals surface area contributed by atoms with Crippen molar-refractivity contribution in [1.82, 2.24) is 4.90 Å². The lowest BCUT2D eigenvalue weighted by Crippen LogP contribution is -2.35. The van der Waals surface area contributed by atoms with E-state index in [1.807, 2.05) is 6.92 Å². The SMILES string of the molecule is C/C(=N\N=C(/C)C1CCOCC1)SCCCN1C[C@@H]2CCN(c3ccc(C(F)(F)F)cc3)[C@@H]2C1. The second kappa shape index (κ2) is 11.4. The molecule has 3 heterocycles. The molecule has 0 saturated carbocycles. The van der Waals surface area contributed by atoms with Gasteiger partial charge in [0.25, 0.3) is 0 Å². The molecule has 0 aliphatic carbocycles. The highest BCUT2D eigenvalue weighted by atomic mass is 32.2. The van der Waals surface area contributed by atoms with E-state index in [-0.39, 0.29) is 0 Å². The van der Waals surface area contributed by atoms with Gasteiger partial charge in [0, 0.05) is 62.0 Å². The van der Waals surface area contributed by atoms with E-state index in [9.17, 15) is 13.2 Å². The zero-order chi connectivity index (χ0) is 24.1. The van der Waals surface area contributed by atoms with Crippen molar-refractivity contribution in [3.05, 3.63) is 29.8 Å². The number of alkyl halides is 3. The second-order valence-corrected chi connectivity index (χ2v) is 10.9. The average molecular weight is 497 g/mol. The van der Waals surface area contributed by atoms with Gasteiger partial charge in [-0.3, -0.25) is 0 Å². The molecule has 0 spiro atoms. The Kier molecular flexibility index (Phi) is 8.58. The summed E-state index contributed by atoms with van der Waals surface area (Å²) in [4.78, 5) is 4.81. The molecular formula is C25H35F3N4OS. The summed E-state index contributed by atoms with van der Waals surface area (Å²) in [6, 6.07) is 6.05. The fraction of sp³-hybridized carbons (Fsp3) is 0.680. The van der Waals surface area contributed by atoms with Gasteiger partial charge < -0.3 is 14.5 Å². The molecule has 3 aliphatic heterocycles. The summed E-state index contributed by atoms with van der Waals surface area (Å²) in [7, 11) is 0. The minimum absolute atomic E-state index is 0.398. The molecule has 0 bridgehead atoms. The Hall–Kier alpha value is -1.58. The van der Waals surface area contributed by atoms with E-state index in [2.05, 4.69) is 26.9 Å². The van der Waals surface area contributed by atoms with Crippen molar-refractivity contribution >= 4 is 28.2 Å². The van der Waals surface area contributed by atoms with Crippen LogP contribution in [-0.4, -0.2) is 66.8 Å². The Morgan fingerprint density at radius 3 is 2.50 bits per heavy atom. The van der Waals surface area contributed by atoms with Crippen molar-refractivity contribution in [1.29, 1.82) is 0 Å². The quantitative estimate of drug-likeness (QED) is 0.215.